The number of rotatable bonds is 1. The zero-order valence-electron chi connectivity index (χ0n) is 9.38. The summed E-state index contributed by atoms with van der Waals surface area (Å²) in [6, 6.07) is 0.441. The lowest BCUT2D eigenvalue weighted by molar-refractivity contribution is 0.0564. The third kappa shape index (κ3) is 2.73. The molecule has 1 aromatic carbocycles. The van der Waals surface area contributed by atoms with Crippen LogP contribution < -0.4 is 5.32 Å². The fourth-order valence-corrected chi connectivity index (χ4v) is 1.58. The molecule has 1 aliphatic rings. The standard InChI is InChI=1S/C11H11F3N2O2/c12-7-5-9(14)10(6-8(7)13)15-11(17)16-1-3-18-4-2-16/h5-6H,1-4H2,(H,15,17). The lowest BCUT2D eigenvalue weighted by Crippen LogP contribution is -2.43. The lowest BCUT2D eigenvalue weighted by atomic mass is 10.3. The normalized spacial score (nSPS) is 15.6. The van der Waals surface area contributed by atoms with E-state index in [4.69, 9.17) is 4.74 Å². The fraction of sp³-hybridized carbons (Fsp3) is 0.364. The Kier molecular flexibility index (Phi) is 3.71. The minimum Gasteiger partial charge on any atom is -0.378 e. The second kappa shape index (κ2) is 5.26. The average Bonchev–Trinajstić information content (AvgIpc) is 2.37. The zero-order chi connectivity index (χ0) is 13.1. The number of carbonyl (C=O) groups is 1. The zero-order valence-corrected chi connectivity index (χ0v) is 9.38. The molecule has 2 rings (SSSR count). The molecule has 0 bridgehead atoms. The first-order valence-electron chi connectivity index (χ1n) is 5.36. The van der Waals surface area contributed by atoms with E-state index in [1.54, 1.807) is 0 Å². The summed E-state index contributed by atoms with van der Waals surface area (Å²) in [6.45, 7) is 1.54. The number of hydrogen-bond acceptors (Lipinski definition) is 2. The largest absolute Gasteiger partial charge is 0.378 e. The van der Waals surface area contributed by atoms with Gasteiger partial charge in [0.25, 0.3) is 0 Å². The van der Waals surface area contributed by atoms with Crippen LogP contribution >= 0.6 is 0 Å². The molecule has 0 atom stereocenters. The molecule has 1 heterocycles. The molecule has 1 N–H and O–H groups in total. The van der Waals surface area contributed by atoms with Gasteiger partial charge in [0.2, 0.25) is 0 Å². The van der Waals surface area contributed by atoms with Crippen molar-refractivity contribution in [3.8, 4) is 0 Å². The van der Waals surface area contributed by atoms with E-state index in [2.05, 4.69) is 5.32 Å². The topological polar surface area (TPSA) is 41.6 Å². The molecule has 98 valence electrons. The van der Waals surface area contributed by atoms with E-state index < -0.39 is 23.5 Å². The highest BCUT2D eigenvalue weighted by Crippen LogP contribution is 2.18. The minimum absolute atomic E-state index is 0.372. The highest BCUT2D eigenvalue weighted by Gasteiger charge is 2.19. The van der Waals surface area contributed by atoms with Crippen molar-refractivity contribution >= 4 is 11.7 Å². The number of morpholine rings is 1. The highest BCUT2D eigenvalue weighted by atomic mass is 19.2. The van der Waals surface area contributed by atoms with Crippen LogP contribution in [0.15, 0.2) is 12.1 Å². The average molecular weight is 260 g/mol. The smallest absolute Gasteiger partial charge is 0.322 e. The number of nitrogens with one attached hydrogen (secondary N) is 1. The Balaban J connectivity index is 2.08. The molecule has 1 saturated heterocycles. The summed E-state index contributed by atoms with van der Waals surface area (Å²) in [6.07, 6.45) is 0. The molecule has 1 fully saturated rings. The number of hydrogen-bond donors (Lipinski definition) is 1. The van der Waals surface area contributed by atoms with Gasteiger partial charge >= 0.3 is 6.03 Å². The second-order valence-corrected chi connectivity index (χ2v) is 3.78. The van der Waals surface area contributed by atoms with Gasteiger partial charge in [0, 0.05) is 25.2 Å². The predicted octanol–water partition coefficient (Wildman–Crippen LogP) is 1.97. The lowest BCUT2D eigenvalue weighted by Gasteiger charge is -2.27. The van der Waals surface area contributed by atoms with E-state index in [-0.39, 0.29) is 5.69 Å². The molecule has 18 heavy (non-hydrogen) atoms. The monoisotopic (exact) mass is 260 g/mol. The van der Waals surface area contributed by atoms with Crippen LogP contribution in [0.4, 0.5) is 23.7 Å². The van der Waals surface area contributed by atoms with Crippen LogP contribution in [0.25, 0.3) is 0 Å². The first-order chi connectivity index (χ1) is 8.58. The van der Waals surface area contributed by atoms with Crippen molar-refractivity contribution < 1.29 is 22.7 Å². The van der Waals surface area contributed by atoms with Gasteiger partial charge in [0.15, 0.2) is 11.6 Å². The molecule has 0 saturated carbocycles. The summed E-state index contributed by atoms with van der Waals surface area (Å²) in [5.41, 5.74) is -0.384. The Morgan fingerprint density at radius 2 is 1.72 bits per heavy atom. The summed E-state index contributed by atoms with van der Waals surface area (Å²) < 4.78 is 44.0. The quantitative estimate of drug-likeness (QED) is 0.784. The van der Waals surface area contributed by atoms with Crippen molar-refractivity contribution in [1.82, 2.24) is 4.90 Å². The van der Waals surface area contributed by atoms with Gasteiger partial charge in [-0.25, -0.2) is 18.0 Å². The van der Waals surface area contributed by atoms with Crippen LogP contribution in [0.2, 0.25) is 0 Å². The van der Waals surface area contributed by atoms with Gasteiger partial charge < -0.3 is 15.0 Å². The maximum atomic E-state index is 13.3. The number of benzene rings is 1. The molecule has 0 unspecified atom stereocenters. The fourth-order valence-electron chi connectivity index (χ4n) is 1.58. The van der Waals surface area contributed by atoms with Gasteiger partial charge in [-0.15, -0.1) is 0 Å². The third-order valence-electron chi connectivity index (χ3n) is 2.55. The second-order valence-electron chi connectivity index (χ2n) is 3.78. The van der Waals surface area contributed by atoms with Crippen LogP contribution in [-0.2, 0) is 4.74 Å². The van der Waals surface area contributed by atoms with Crippen molar-refractivity contribution in [3.05, 3.63) is 29.6 Å². The van der Waals surface area contributed by atoms with Gasteiger partial charge in [0.1, 0.15) is 5.82 Å². The predicted molar refractivity (Wildman–Crippen MR) is 57.7 cm³/mol. The van der Waals surface area contributed by atoms with Crippen LogP contribution in [0.3, 0.4) is 0 Å². The van der Waals surface area contributed by atoms with Gasteiger partial charge in [-0.1, -0.05) is 0 Å². The van der Waals surface area contributed by atoms with Crippen molar-refractivity contribution in [2.24, 2.45) is 0 Å². The maximum Gasteiger partial charge on any atom is 0.322 e. The molecule has 0 aromatic heterocycles. The van der Waals surface area contributed by atoms with E-state index in [0.29, 0.717) is 38.4 Å². The number of anilines is 1. The van der Waals surface area contributed by atoms with Crippen LogP contribution in [0, 0.1) is 17.5 Å². The first kappa shape index (κ1) is 12.7. The molecule has 4 nitrogen and oxygen atoms in total. The van der Waals surface area contributed by atoms with Crippen molar-refractivity contribution in [3.63, 3.8) is 0 Å². The van der Waals surface area contributed by atoms with Gasteiger partial charge in [0.05, 0.1) is 18.9 Å². The molecule has 2 amide bonds. The Hall–Kier alpha value is -1.76. The van der Waals surface area contributed by atoms with Crippen LogP contribution in [0.5, 0.6) is 0 Å². The number of urea groups is 1. The van der Waals surface area contributed by atoms with Crippen molar-refractivity contribution in [2.75, 3.05) is 31.6 Å². The number of ether oxygens (including phenoxy) is 1. The third-order valence-corrected chi connectivity index (χ3v) is 2.55. The molecule has 0 radical (unpaired) electrons. The van der Waals surface area contributed by atoms with E-state index >= 15 is 0 Å². The van der Waals surface area contributed by atoms with E-state index in [1.165, 1.54) is 4.90 Å². The molecule has 1 aromatic rings. The molecule has 0 spiro atoms. The summed E-state index contributed by atoms with van der Waals surface area (Å²) >= 11 is 0. The molecular formula is C11H11F3N2O2. The Morgan fingerprint density at radius 3 is 2.39 bits per heavy atom. The highest BCUT2D eigenvalue weighted by molar-refractivity contribution is 5.89. The minimum atomic E-state index is -1.29. The summed E-state index contributed by atoms with van der Waals surface area (Å²) in [7, 11) is 0. The van der Waals surface area contributed by atoms with Crippen molar-refractivity contribution in [1.29, 1.82) is 0 Å². The van der Waals surface area contributed by atoms with Gasteiger partial charge in [-0.3, -0.25) is 0 Å². The SMILES string of the molecule is O=C(Nc1cc(F)c(F)cc1F)N1CCOCC1. The number of nitrogens with zero attached hydrogens (tertiary/aromatic N) is 1. The molecule has 7 heteroatoms. The van der Waals surface area contributed by atoms with Crippen LogP contribution in [-0.4, -0.2) is 37.2 Å². The molecule has 1 aliphatic heterocycles. The number of carbonyl (C=O) groups excluding carboxylic acids is 1. The summed E-state index contributed by atoms with van der Waals surface area (Å²) in [5.74, 6) is -3.53. The van der Waals surface area contributed by atoms with Gasteiger partial charge in [-0.05, 0) is 0 Å². The Morgan fingerprint density at radius 1 is 1.11 bits per heavy atom. The summed E-state index contributed by atoms with van der Waals surface area (Å²) in [4.78, 5) is 13.1. The number of amides is 2. The van der Waals surface area contributed by atoms with Crippen molar-refractivity contribution in [2.45, 2.75) is 0 Å². The first-order valence-corrected chi connectivity index (χ1v) is 5.36. The Labute approximate surface area is 101 Å². The van der Waals surface area contributed by atoms with Gasteiger partial charge in [-0.2, -0.15) is 0 Å². The molecular weight excluding hydrogens is 249 g/mol. The molecule has 0 aliphatic carbocycles. The maximum absolute atomic E-state index is 13.3. The summed E-state index contributed by atoms with van der Waals surface area (Å²) in [5, 5.41) is 2.20. The Bertz CT molecular complexity index is 462. The number of halogens is 3. The van der Waals surface area contributed by atoms with E-state index in [0.717, 1.165) is 0 Å². The van der Waals surface area contributed by atoms with Crippen LogP contribution in [0.1, 0.15) is 0 Å². The van der Waals surface area contributed by atoms with E-state index in [9.17, 15) is 18.0 Å². The van der Waals surface area contributed by atoms with E-state index in [1.807, 2.05) is 0 Å².